The Balaban J connectivity index is 2.91. The third kappa shape index (κ3) is 3.11. The van der Waals surface area contributed by atoms with E-state index < -0.39 is 11.4 Å². The number of halogens is 2. The summed E-state index contributed by atoms with van der Waals surface area (Å²) in [6.07, 6.45) is 0.0157. The summed E-state index contributed by atoms with van der Waals surface area (Å²) >= 11 is 3.07. The predicted octanol–water partition coefficient (Wildman–Crippen LogP) is 2.47. The summed E-state index contributed by atoms with van der Waals surface area (Å²) in [6, 6.07) is 4.49. The van der Waals surface area contributed by atoms with Gasteiger partial charge in [0.1, 0.15) is 11.4 Å². The lowest BCUT2D eigenvalue weighted by molar-refractivity contribution is -0.133. The van der Waals surface area contributed by atoms with Crippen LogP contribution in [0, 0.1) is 5.82 Å². The minimum atomic E-state index is -1.38. The number of rotatable bonds is 3. The molecule has 0 aromatic heterocycles. The topological polar surface area (TPSA) is 37.3 Å². The molecule has 0 heterocycles. The first-order valence-electron chi connectivity index (χ1n) is 4.51. The largest absolute Gasteiger partial charge is 0.383 e. The molecule has 2 nitrogen and oxygen atoms in total. The lowest BCUT2D eigenvalue weighted by Gasteiger charge is -2.15. The highest BCUT2D eigenvalue weighted by Gasteiger charge is 2.24. The maximum absolute atomic E-state index is 13.1. The van der Waals surface area contributed by atoms with Gasteiger partial charge in [0.15, 0.2) is 5.78 Å². The van der Waals surface area contributed by atoms with Crippen molar-refractivity contribution in [1.82, 2.24) is 0 Å². The third-order valence-electron chi connectivity index (χ3n) is 2.06. The zero-order valence-corrected chi connectivity index (χ0v) is 10.1. The molecule has 0 aliphatic heterocycles. The van der Waals surface area contributed by atoms with E-state index in [0.717, 1.165) is 0 Å². The first-order chi connectivity index (χ1) is 6.82. The number of ketones is 1. The molecule has 0 unspecified atom stereocenters. The van der Waals surface area contributed by atoms with Crippen molar-refractivity contribution in [3.05, 3.63) is 34.1 Å². The lowest BCUT2D eigenvalue weighted by Crippen LogP contribution is -2.32. The molecule has 0 fully saturated rings. The Kier molecular flexibility index (Phi) is 3.62. The molecule has 1 aromatic carbocycles. The molecule has 0 saturated heterocycles. The SMILES string of the molecule is CC(C)(O)C(=O)Cc1cccc(F)c1Br. The fourth-order valence-corrected chi connectivity index (χ4v) is 1.48. The molecule has 1 N–H and O–H groups in total. The van der Waals surface area contributed by atoms with E-state index in [0.29, 0.717) is 5.56 Å². The van der Waals surface area contributed by atoms with Crippen molar-refractivity contribution in [3.8, 4) is 0 Å². The van der Waals surface area contributed by atoms with Crippen molar-refractivity contribution >= 4 is 21.7 Å². The van der Waals surface area contributed by atoms with Crippen molar-refractivity contribution < 1.29 is 14.3 Å². The van der Waals surface area contributed by atoms with Gasteiger partial charge in [-0.3, -0.25) is 4.79 Å². The minimum absolute atomic E-state index is 0.0157. The second-order valence-electron chi connectivity index (χ2n) is 3.87. The zero-order valence-electron chi connectivity index (χ0n) is 8.55. The highest BCUT2D eigenvalue weighted by atomic mass is 79.9. The molecule has 0 atom stereocenters. The van der Waals surface area contributed by atoms with Gasteiger partial charge < -0.3 is 5.11 Å². The van der Waals surface area contributed by atoms with Crippen LogP contribution < -0.4 is 0 Å². The van der Waals surface area contributed by atoms with Crippen molar-refractivity contribution in [2.24, 2.45) is 0 Å². The van der Waals surface area contributed by atoms with E-state index >= 15 is 0 Å². The summed E-state index contributed by atoms with van der Waals surface area (Å²) in [4.78, 5) is 11.5. The molecule has 0 bridgehead atoms. The predicted molar refractivity (Wildman–Crippen MR) is 59.1 cm³/mol. The molecule has 0 radical (unpaired) electrons. The highest BCUT2D eigenvalue weighted by molar-refractivity contribution is 9.10. The van der Waals surface area contributed by atoms with Crippen LogP contribution in [0.25, 0.3) is 0 Å². The van der Waals surface area contributed by atoms with E-state index in [1.54, 1.807) is 6.07 Å². The van der Waals surface area contributed by atoms with Crippen LogP contribution in [0.3, 0.4) is 0 Å². The van der Waals surface area contributed by atoms with Crippen LogP contribution in [0.5, 0.6) is 0 Å². The standard InChI is InChI=1S/C11H12BrFO2/c1-11(2,15)9(14)6-7-4-3-5-8(13)10(7)12/h3-5,15H,6H2,1-2H3. The average Bonchev–Trinajstić information content (AvgIpc) is 2.11. The van der Waals surface area contributed by atoms with Crippen molar-refractivity contribution in [2.75, 3.05) is 0 Å². The number of benzene rings is 1. The van der Waals surface area contributed by atoms with Crippen LogP contribution in [0.2, 0.25) is 0 Å². The van der Waals surface area contributed by atoms with Gasteiger partial charge >= 0.3 is 0 Å². The zero-order chi connectivity index (χ0) is 11.6. The summed E-state index contributed by atoms with van der Waals surface area (Å²) in [5, 5.41) is 9.45. The number of hydrogen-bond donors (Lipinski definition) is 1. The van der Waals surface area contributed by atoms with Gasteiger partial charge in [0.05, 0.1) is 4.47 Å². The molecule has 4 heteroatoms. The Morgan fingerprint density at radius 3 is 2.67 bits per heavy atom. The summed E-state index contributed by atoms with van der Waals surface area (Å²) < 4.78 is 13.4. The fourth-order valence-electron chi connectivity index (χ4n) is 1.07. The van der Waals surface area contributed by atoms with Crippen molar-refractivity contribution in [2.45, 2.75) is 25.9 Å². The van der Waals surface area contributed by atoms with Gasteiger partial charge in [-0.15, -0.1) is 0 Å². The molecule has 0 spiro atoms. The molecule has 0 amide bonds. The van der Waals surface area contributed by atoms with Crippen LogP contribution in [0.4, 0.5) is 4.39 Å². The normalized spacial score (nSPS) is 11.5. The number of Topliss-reactive ketones (excluding diaryl/α,β-unsaturated/α-hetero) is 1. The quantitative estimate of drug-likeness (QED) is 0.920. The summed E-state index contributed by atoms with van der Waals surface area (Å²) in [5.74, 6) is -0.746. The first kappa shape index (κ1) is 12.3. The van der Waals surface area contributed by atoms with E-state index in [1.807, 2.05) is 0 Å². The van der Waals surface area contributed by atoms with Gasteiger partial charge in [-0.1, -0.05) is 12.1 Å². The van der Waals surface area contributed by atoms with E-state index in [1.165, 1.54) is 26.0 Å². The number of carbonyl (C=O) groups is 1. The third-order valence-corrected chi connectivity index (χ3v) is 2.95. The summed E-state index contributed by atoms with van der Waals surface area (Å²) in [7, 11) is 0. The maximum atomic E-state index is 13.1. The van der Waals surface area contributed by atoms with Gasteiger partial charge in [-0.25, -0.2) is 4.39 Å². The Bertz CT molecular complexity index is 383. The molecule has 1 rings (SSSR count). The minimum Gasteiger partial charge on any atom is -0.383 e. The Morgan fingerprint density at radius 2 is 2.13 bits per heavy atom. The number of carbonyl (C=O) groups excluding carboxylic acids is 1. The van der Waals surface area contributed by atoms with Crippen LogP contribution in [-0.2, 0) is 11.2 Å². The summed E-state index contributed by atoms with van der Waals surface area (Å²) in [5.41, 5.74) is -0.840. The van der Waals surface area contributed by atoms with Gasteiger partial charge in [0.2, 0.25) is 0 Å². The molecule has 0 aliphatic carbocycles. The molecule has 15 heavy (non-hydrogen) atoms. The molecular weight excluding hydrogens is 263 g/mol. The van der Waals surface area contributed by atoms with E-state index in [9.17, 15) is 14.3 Å². The monoisotopic (exact) mass is 274 g/mol. The second kappa shape index (κ2) is 4.41. The summed E-state index contributed by atoms with van der Waals surface area (Å²) in [6.45, 7) is 2.84. The van der Waals surface area contributed by atoms with E-state index in [4.69, 9.17) is 0 Å². The lowest BCUT2D eigenvalue weighted by atomic mass is 9.97. The maximum Gasteiger partial charge on any atom is 0.168 e. The van der Waals surface area contributed by atoms with Gasteiger partial charge in [-0.05, 0) is 41.4 Å². The Hall–Kier alpha value is -0.740. The van der Waals surface area contributed by atoms with Crippen LogP contribution >= 0.6 is 15.9 Å². The van der Waals surface area contributed by atoms with Crippen molar-refractivity contribution in [3.63, 3.8) is 0 Å². The van der Waals surface area contributed by atoms with Crippen LogP contribution in [0.15, 0.2) is 22.7 Å². The molecule has 0 aliphatic rings. The first-order valence-corrected chi connectivity index (χ1v) is 5.30. The molecular formula is C11H12BrFO2. The molecule has 82 valence electrons. The Labute approximate surface area is 96.2 Å². The highest BCUT2D eigenvalue weighted by Crippen LogP contribution is 2.22. The van der Waals surface area contributed by atoms with E-state index in [2.05, 4.69) is 15.9 Å². The van der Waals surface area contributed by atoms with Gasteiger partial charge in [0.25, 0.3) is 0 Å². The van der Waals surface area contributed by atoms with Crippen molar-refractivity contribution in [1.29, 1.82) is 0 Å². The van der Waals surface area contributed by atoms with Gasteiger partial charge in [-0.2, -0.15) is 0 Å². The smallest absolute Gasteiger partial charge is 0.168 e. The van der Waals surface area contributed by atoms with Crippen LogP contribution in [0.1, 0.15) is 19.4 Å². The number of aliphatic hydroxyl groups is 1. The van der Waals surface area contributed by atoms with Gasteiger partial charge in [0, 0.05) is 6.42 Å². The second-order valence-corrected chi connectivity index (χ2v) is 4.66. The average molecular weight is 275 g/mol. The van der Waals surface area contributed by atoms with E-state index in [-0.39, 0.29) is 16.7 Å². The molecule has 0 saturated carbocycles. The van der Waals surface area contributed by atoms with Crippen LogP contribution in [-0.4, -0.2) is 16.5 Å². The fraction of sp³-hybridized carbons (Fsp3) is 0.364. The number of hydrogen-bond acceptors (Lipinski definition) is 2. The Morgan fingerprint density at radius 1 is 1.53 bits per heavy atom. The molecule has 1 aromatic rings.